The number of nitrogens with zero attached hydrogens (tertiary/aromatic N) is 1. The van der Waals surface area contributed by atoms with Gasteiger partial charge in [0.05, 0.1) is 18.7 Å². The van der Waals surface area contributed by atoms with Crippen LogP contribution in [0.2, 0.25) is 10.0 Å². The van der Waals surface area contributed by atoms with Gasteiger partial charge in [0.2, 0.25) is 0 Å². The third-order valence-corrected chi connectivity index (χ3v) is 5.68. The second kappa shape index (κ2) is 7.64. The number of fused-ring (bicyclic) bond motifs is 1. The molecule has 1 atom stereocenters. The quantitative estimate of drug-likeness (QED) is 0.585. The molecule has 0 saturated carbocycles. The monoisotopic (exact) mass is 425 g/mol. The summed E-state index contributed by atoms with van der Waals surface area (Å²) in [6.45, 7) is 0.160. The normalized spacial score (nSPS) is 18.0. The molecule has 0 bridgehead atoms. The van der Waals surface area contributed by atoms with Crippen LogP contribution >= 0.6 is 23.2 Å². The lowest BCUT2D eigenvalue weighted by atomic mass is 9.88. The summed E-state index contributed by atoms with van der Waals surface area (Å²) in [5.74, 6) is -0.850. The number of carbonyl (C=O) groups is 2. The van der Waals surface area contributed by atoms with E-state index in [1.54, 1.807) is 72.8 Å². The first kappa shape index (κ1) is 19.6. The highest BCUT2D eigenvalue weighted by molar-refractivity contribution is 6.35. The first-order valence-electron chi connectivity index (χ1n) is 9.06. The molecule has 146 valence electrons. The van der Waals surface area contributed by atoms with Gasteiger partial charge < -0.3 is 10.0 Å². The summed E-state index contributed by atoms with van der Waals surface area (Å²) in [6, 6.07) is 20.6. The summed E-state index contributed by atoms with van der Waals surface area (Å²) in [6.07, 6.45) is -0.336. The van der Waals surface area contributed by atoms with Crippen molar-refractivity contribution in [1.29, 1.82) is 0 Å². The smallest absolute Gasteiger partial charge is 0.264 e. The zero-order chi connectivity index (χ0) is 20.6. The fraction of sp³-hybridized carbons (Fsp3) is 0.130. The Morgan fingerprint density at radius 3 is 2.38 bits per heavy atom. The Morgan fingerprint density at radius 1 is 0.966 bits per heavy atom. The summed E-state index contributed by atoms with van der Waals surface area (Å²) in [5, 5.41) is 12.3. The van der Waals surface area contributed by atoms with Crippen molar-refractivity contribution in [2.24, 2.45) is 0 Å². The lowest BCUT2D eigenvalue weighted by molar-refractivity contribution is -0.136. The highest BCUT2D eigenvalue weighted by Gasteiger charge is 2.50. The molecule has 3 aromatic rings. The molecule has 4 rings (SSSR count). The number of halogens is 2. The van der Waals surface area contributed by atoms with Crippen molar-refractivity contribution in [2.45, 2.75) is 18.6 Å². The van der Waals surface area contributed by atoms with Crippen LogP contribution in [0.15, 0.2) is 72.8 Å². The van der Waals surface area contributed by atoms with Crippen molar-refractivity contribution >= 4 is 40.6 Å². The molecule has 1 aliphatic heterocycles. The Kier molecular flexibility index (Phi) is 5.17. The fourth-order valence-electron chi connectivity index (χ4n) is 3.61. The predicted octanol–water partition coefficient (Wildman–Crippen LogP) is 5.00. The molecular weight excluding hydrogens is 409 g/mol. The van der Waals surface area contributed by atoms with E-state index in [0.717, 1.165) is 0 Å². The number of hydrogen-bond donors (Lipinski definition) is 1. The molecule has 0 aliphatic carbocycles. The molecule has 6 heteroatoms. The van der Waals surface area contributed by atoms with Crippen LogP contribution < -0.4 is 4.90 Å². The van der Waals surface area contributed by atoms with Crippen LogP contribution in [-0.2, 0) is 16.9 Å². The van der Waals surface area contributed by atoms with Crippen LogP contribution in [0.25, 0.3) is 0 Å². The summed E-state index contributed by atoms with van der Waals surface area (Å²) in [5.41, 5.74) is 0.192. The Morgan fingerprint density at radius 2 is 1.66 bits per heavy atom. The van der Waals surface area contributed by atoms with Crippen LogP contribution in [0.1, 0.15) is 27.9 Å². The molecule has 1 heterocycles. The molecule has 0 aromatic heterocycles. The van der Waals surface area contributed by atoms with Gasteiger partial charge in [0, 0.05) is 21.2 Å². The van der Waals surface area contributed by atoms with E-state index in [1.165, 1.54) is 4.90 Å². The molecule has 0 fully saturated rings. The maximum atomic E-state index is 13.3. The van der Waals surface area contributed by atoms with Crippen LogP contribution in [0.3, 0.4) is 0 Å². The first-order chi connectivity index (χ1) is 13.9. The molecule has 0 spiro atoms. The van der Waals surface area contributed by atoms with Crippen molar-refractivity contribution in [1.82, 2.24) is 0 Å². The zero-order valence-corrected chi connectivity index (χ0v) is 16.8. The van der Waals surface area contributed by atoms with E-state index in [9.17, 15) is 14.7 Å². The van der Waals surface area contributed by atoms with Crippen molar-refractivity contribution in [2.75, 3.05) is 4.90 Å². The number of Topliss-reactive ketones (excluding diaryl/α,β-unsaturated/α-hetero) is 1. The molecule has 0 radical (unpaired) electrons. The maximum absolute atomic E-state index is 13.3. The molecule has 4 nitrogen and oxygen atoms in total. The molecule has 1 aliphatic rings. The van der Waals surface area contributed by atoms with E-state index in [1.807, 2.05) is 0 Å². The van der Waals surface area contributed by atoms with E-state index < -0.39 is 11.5 Å². The third kappa shape index (κ3) is 3.55. The Labute approximate surface area is 178 Å². The van der Waals surface area contributed by atoms with Gasteiger partial charge in [-0.25, -0.2) is 0 Å². The summed E-state index contributed by atoms with van der Waals surface area (Å²) < 4.78 is 0. The standard InChI is InChI=1S/C23H17Cl2NO3/c24-17-11-10-16(19(25)12-17)14-26-20-9-5-4-8-18(20)23(29,22(26)28)13-21(27)15-6-2-1-3-7-15/h1-12,29H,13-14H2/t23-/m1/s1. The first-order valence-corrected chi connectivity index (χ1v) is 9.82. The molecule has 0 unspecified atom stereocenters. The second-order valence-corrected chi connectivity index (χ2v) is 7.81. The number of hydrogen-bond acceptors (Lipinski definition) is 3. The van der Waals surface area contributed by atoms with Gasteiger partial charge in [0.15, 0.2) is 11.4 Å². The highest BCUT2D eigenvalue weighted by atomic mass is 35.5. The van der Waals surface area contributed by atoms with Gasteiger partial charge in [0.25, 0.3) is 5.91 Å². The van der Waals surface area contributed by atoms with Gasteiger partial charge in [-0.3, -0.25) is 9.59 Å². The van der Waals surface area contributed by atoms with Gasteiger partial charge in [-0.05, 0) is 23.8 Å². The van der Waals surface area contributed by atoms with Crippen LogP contribution in [0, 0.1) is 0 Å². The second-order valence-electron chi connectivity index (χ2n) is 6.97. The number of para-hydroxylation sites is 1. The topological polar surface area (TPSA) is 57.6 Å². The average Bonchev–Trinajstić information content (AvgIpc) is 2.92. The number of carbonyl (C=O) groups excluding carboxylic acids is 2. The number of aliphatic hydroxyl groups is 1. The van der Waals surface area contributed by atoms with Gasteiger partial charge in [0.1, 0.15) is 0 Å². The van der Waals surface area contributed by atoms with E-state index >= 15 is 0 Å². The molecule has 1 N–H and O–H groups in total. The van der Waals surface area contributed by atoms with Crippen LogP contribution in [-0.4, -0.2) is 16.8 Å². The Hall–Kier alpha value is -2.66. The number of benzene rings is 3. The van der Waals surface area contributed by atoms with Crippen LogP contribution in [0.5, 0.6) is 0 Å². The summed E-state index contributed by atoms with van der Waals surface area (Å²) >= 11 is 12.2. The van der Waals surface area contributed by atoms with Crippen LogP contribution in [0.4, 0.5) is 5.69 Å². The van der Waals surface area contributed by atoms with Crippen molar-refractivity contribution < 1.29 is 14.7 Å². The number of amides is 1. The van der Waals surface area contributed by atoms with E-state index in [2.05, 4.69) is 0 Å². The summed E-state index contributed by atoms with van der Waals surface area (Å²) in [4.78, 5) is 27.5. The Balaban J connectivity index is 1.69. The largest absolute Gasteiger partial charge is 0.375 e. The molecule has 29 heavy (non-hydrogen) atoms. The number of ketones is 1. The predicted molar refractivity (Wildman–Crippen MR) is 113 cm³/mol. The highest BCUT2D eigenvalue weighted by Crippen LogP contribution is 2.44. The minimum absolute atomic E-state index is 0.160. The van der Waals surface area contributed by atoms with Gasteiger partial charge in [-0.15, -0.1) is 0 Å². The number of rotatable bonds is 5. The third-order valence-electron chi connectivity index (χ3n) is 5.10. The van der Waals surface area contributed by atoms with Crippen molar-refractivity contribution in [3.63, 3.8) is 0 Å². The van der Waals surface area contributed by atoms with Crippen molar-refractivity contribution in [3.05, 3.63) is 99.5 Å². The minimum Gasteiger partial charge on any atom is -0.375 e. The molecule has 3 aromatic carbocycles. The molecular formula is C23H17Cl2NO3. The number of anilines is 1. The fourth-order valence-corrected chi connectivity index (χ4v) is 4.08. The van der Waals surface area contributed by atoms with E-state index in [-0.39, 0.29) is 18.7 Å². The SMILES string of the molecule is O=C(C[C@]1(O)C(=O)N(Cc2ccc(Cl)cc2Cl)c2ccccc21)c1ccccc1. The average molecular weight is 426 g/mol. The lowest BCUT2D eigenvalue weighted by Crippen LogP contribution is -2.41. The van der Waals surface area contributed by atoms with E-state index in [4.69, 9.17) is 23.2 Å². The lowest BCUT2D eigenvalue weighted by Gasteiger charge is -2.23. The van der Waals surface area contributed by atoms with Gasteiger partial charge in [-0.2, -0.15) is 0 Å². The molecule has 1 amide bonds. The van der Waals surface area contributed by atoms with Gasteiger partial charge in [-0.1, -0.05) is 77.8 Å². The minimum atomic E-state index is -1.93. The maximum Gasteiger partial charge on any atom is 0.264 e. The van der Waals surface area contributed by atoms with Crippen molar-refractivity contribution in [3.8, 4) is 0 Å². The zero-order valence-electron chi connectivity index (χ0n) is 15.3. The Bertz CT molecular complexity index is 1100. The van der Waals surface area contributed by atoms with Gasteiger partial charge >= 0.3 is 0 Å². The summed E-state index contributed by atoms with van der Waals surface area (Å²) in [7, 11) is 0. The van der Waals surface area contributed by atoms with E-state index in [0.29, 0.717) is 32.4 Å². The molecule has 0 saturated heterocycles.